The number of nitrogens with one attached hydrogen (secondary N) is 2. The predicted octanol–water partition coefficient (Wildman–Crippen LogP) is 0.254. The van der Waals surface area contributed by atoms with Crippen LogP contribution in [-0.2, 0) is 16.0 Å². The van der Waals surface area contributed by atoms with Crippen LogP contribution in [0, 0.1) is 5.82 Å². The average molecular weight is 347 g/mol. The summed E-state index contributed by atoms with van der Waals surface area (Å²) in [6, 6.07) is 12.1. The average Bonchev–Trinajstić information content (AvgIpc) is 2.55. The van der Waals surface area contributed by atoms with Gasteiger partial charge in [-0.25, -0.2) is 14.2 Å². The quantitative estimate of drug-likeness (QED) is 0.643. The zero-order valence-corrected chi connectivity index (χ0v) is 13.2. The van der Waals surface area contributed by atoms with Gasteiger partial charge in [0.2, 0.25) is 11.6 Å². The van der Waals surface area contributed by atoms with Crippen molar-refractivity contribution in [1.82, 2.24) is 0 Å². The number of carboxylic acid groups (broad SMARTS) is 2. The Morgan fingerprint density at radius 2 is 1.88 bits per heavy atom. The van der Waals surface area contributed by atoms with Gasteiger partial charge in [-0.15, -0.1) is 0 Å². The van der Waals surface area contributed by atoms with Crippen LogP contribution in [0.5, 0.6) is 0 Å². The highest BCUT2D eigenvalue weighted by Gasteiger charge is 1.99. The monoisotopic (exact) mass is 347 g/mol. The molecule has 2 aromatic rings. The fourth-order valence-electron chi connectivity index (χ4n) is 1.72. The molecule has 1 aromatic carbocycles. The lowest BCUT2D eigenvalue weighted by Gasteiger charge is -2.02. The molecule has 0 aliphatic carbocycles. The van der Waals surface area contributed by atoms with Gasteiger partial charge in [0.25, 0.3) is 0 Å². The molecule has 0 aliphatic heterocycles. The van der Waals surface area contributed by atoms with E-state index >= 15 is 0 Å². The van der Waals surface area contributed by atoms with Crippen LogP contribution in [0.15, 0.2) is 54.6 Å². The zero-order chi connectivity index (χ0) is 18.7. The number of nitrogens with two attached hydrogens (primary N) is 1. The Bertz CT molecular complexity index is 717. The van der Waals surface area contributed by atoms with Crippen LogP contribution in [0.3, 0.4) is 0 Å². The lowest BCUT2D eigenvalue weighted by Crippen LogP contribution is -2.19. The van der Waals surface area contributed by atoms with Gasteiger partial charge in [-0.3, -0.25) is 0 Å². The number of halogens is 1. The van der Waals surface area contributed by atoms with Gasteiger partial charge in [0.05, 0.1) is 12.5 Å². The first-order valence-corrected chi connectivity index (χ1v) is 7.25. The predicted molar refractivity (Wildman–Crippen MR) is 87.8 cm³/mol. The zero-order valence-electron chi connectivity index (χ0n) is 13.2. The maximum Gasteiger partial charge on any atom is 0.328 e. The van der Waals surface area contributed by atoms with Gasteiger partial charge in [0, 0.05) is 24.6 Å². The van der Waals surface area contributed by atoms with Crippen molar-refractivity contribution >= 4 is 23.6 Å². The molecule has 132 valence electrons. The molecule has 0 saturated carbocycles. The molecule has 0 amide bonds. The van der Waals surface area contributed by atoms with Gasteiger partial charge >= 0.3 is 5.97 Å². The standard InChI is InChI=1S/C13H14FN3.C4H4O4/c14-11-6-4-10(5-7-11)8-9-16-13-3-1-2-12(15)17-13;5-3(6)1-2-4(7)8/h1-7H,8-9H2,(H3,15,16,17);1-2H,(H,5,6)(H,7,8)/b;2-1+. The molecule has 0 radical (unpaired) electrons. The first-order chi connectivity index (χ1) is 11.9. The summed E-state index contributed by atoms with van der Waals surface area (Å²) in [6.45, 7) is 0.769. The number of aliphatic carboxylic acids is 2. The highest BCUT2D eigenvalue weighted by atomic mass is 19.1. The topological polar surface area (TPSA) is 130 Å². The molecule has 0 saturated heterocycles. The van der Waals surface area contributed by atoms with Gasteiger partial charge in [0.15, 0.2) is 0 Å². The van der Waals surface area contributed by atoms with Crippen molar-refractivity contribution in [1.29, 1.82) is 0 Å². The van der Waals surface area contributed by atoms with Crippen LogP contribution in [0.2, 0.25) is 0 Å². The number of aromatic nitrogens is 1. The van der Waals surface area contributed by atoms with E-state index < -0.39 is 11.9 Å². The number of H-pyrrole nitrogens is 1. The second kappa shape index (κ2) is 10.4. The van der Waals surface area contributed by atoms with Crippen LogP contribution in [-0.4, -0.2) is 23.6 Å². The van der Waals surface area contributed by atoms with E-state index in [1.165, 1.54) is 12.1 Å². The van der Waals surface area contributed by atoms with E-state index in [0.29, 0.717) is 18.0 Å². The molecule has 1 heterocycles. The highest BCUT2D eigenvalue weighted by molar-refractivity contribution is 5.88. The molecular weight excluding hydrogens is 329 g/mol. The molecule has 0 bridgehead atoms. The Morgan fingerprint density at radius 1 is 1.20 bits per heavy atom. The van der Waals surface area contributed by atoms with Gasteiger partial charge < -0.3 is 26.1 Å². The van der Waals surface area contributed by atoms with Crippen LogP contribution < -0.4 is 21.1 Å². The molecule has 5 N–H and O–H groups in total. The van der Waals surface area contributed by atoms with E-state index in [1.807, 2.05) is 12.1 Å². The minimum Gasteiger partial charge on any atom is -0.545 e. The van der Waals surface area contributed by atoms with Crippen molar-refractivity contribution in [2.24, 2.45) is 0 Å². The van der Waals surface area contributed by atoms with Gasteiger partial charge in [-0.05, 0) is 29.8 Å². The van der Waals surface area contributed by atoms with Crippen molar-refractivity contribution in [3.8, 4) is 0 Å². The van der Waals surface area contributed by atoms with Crippen molar-refractivity contribution in [2.75, 3.05) is 17.6 Å². The van der Waals surface area contributed by atoms with Crippen molar-refractivity contribution < 1.29 is 29.2 Å². The van der Waals surface area contributed by atoms with E-state index in [0.717, 1.165) is 24.3 Å². The number of anilines is 2. The summed E-state index contributed by atoms with van der Waals surface area (Å²) in [5.74, 6) is -1.50. The summed E-state index contributed by atoms with van der Waals surface area (Å²) in [6.07, 6.45) is 1.78. The smallest absolute Gasteiger partial charge is 0.328 e. The van der Waals surface area contributed by atoms with E-state index in [4.69, 9.17) is 10.8 Å². The van der Waals surface area contributed by atoms with Crippen molar-refractivity contribution in [3.63, 3.8) is 0 Å². The maximum atomic E-state index is 12.7. The van der Waals surface area contributed by atoms with Crippen LogP contribution in [0.4, 0.5) is 16.0 Å². The number of carboxylic acids is 2. The van der Waals surface area contributed by atoms with Crippen molar-refractivity contribution in [3.05, 3.63) is 66.0 Å². The number of carbonyl (C=O) groups is 2. The van der Waals surface area contributed by atoms with Gasteiger partial charge in [-0.1, -0.05) is 12.1 Å². The lowest BCUT2D eigenvalue weighted by molar-refractivity contribution is -0.343. The first kappa shape index (κ1) is 19.6. The molecule has 0 atom stereocenters. The molecule has 0 aliphatic rings. The molecular formula is C17H18FN3O4. The van der Waals surface area contributed by atoms with Crippen LogP contribution in [0.1, 0.15) is 5.56 Å². The van der Waals surface area contributed by atoms with E-state index in [9.17, 15) is 19.1 Å². The highest BCUT2D eigenvalue weighted by Crippen LogP contribution is 2.04. The minimum atomic E-state index is -1.51. The number of nitrogen functional groups attached to an aromatic ring is 1. The summed E-state index contributed by atoms with van der Waals surface area (Å²) < 4.78 is 12.7. The third kappa shape index (κ3) is 9.34. The van der Waals surface area contributed by atoms with Gasteiger partial charge in [-0.2, -0.15) is 0 Å². The fraction of sp³-hybridized carbons (Fsp3) is 0.118. The third-order valence-corrected chi connectivity index (χ3v) is 2.82. The fourth-order valence-corrected chi connectivity index (χ4v) is 1.72. The molecule has 7 nitrogen and oxygen atoms in total. The van der Waals surface area contributed by atoms with Crippen molar-refractivity contribution in [2.45, 2.75) is 6.42 Å². The molecule has 25 heavy (non-hydrogen) atoms. The number of carbonyl (C=O) groups excluding carboxylic acids is 1. The second-order valence-electron chi connectivity index (χ2n) is 4.81. The summed E-state index contributed by atoms with van der Waals surface area (Å²) in [5, 5.41) is 20.4. The summed E-state index contributed by atoms with van der Waals surface area (Å²) in [5.41, 5.74) is 6.72. The Hall–Kier alpha value is -3.42. The lowest BCUT2D eigenvalue weighted by atomic mass is 10.1. The first-order valence-electron chi connectivity index (χ1n) is 7.25. The number of rotatable bonds is 6. The molecule has 2 rings (SSSR count). The number of hydrogen-bond donors (Lipinski definition) is 3. The minimum absolute atomic E-state index is 0.203. The van der Waals surface area contributed by atoms with Crippen LogP contribution >= 0.6 is 0 Å². The van der Waals surface area contributed by atoms with E-state index in [1.54, 1.807) is 18.2 Å². The molecule has 0 fully saturated rings. The van der Waals surface area contributed by atoms with Gasteiger partial charge in [0.1, 0.15) is 5.82 Å². The van der Waals surface area contributed by atoms with E-state index in [-0.39, 0.29) is 5.82 Å². The Labute approximate surface area is 143 Å². The maximum absolute atomic E-state index is 12.7. The largest absolute Gasteiger partial charge is 0.545 e. The Morgan fingerprint density at radius 3 is 2.40 bits per heavy atom. The third-order valence-electron chi connectivity index (χ3n) is 2.82. The normalized spacial score (nSPS) is 9.96. The summed E-state index contributed by atoms with van der Waals surface area (Å²) >= 11 is 0. The van der Waals surface area contributed by atoms with Crippen LogP contribution in [0.25, 0.3) is 0 Å². The second-order valence-corrected chi connectivity index (χ2v) is 4.81. The van der Waals surface area contributed by atoms with E-state index in [2.05, 4.69) is 10.3 Å². The summed E-state index contributed by atoms with van der Waals surface area (Å²) in [7, 11) is 0. The number of pyridine rings is 1. The number of benzene rings is 1. The molecule has 8 heteroatoms. The molecule has 1 aromatic heterocycles. The number of aromatic amines is 1. The Balaban J connectivity index is 0.000000333. The number of hydrogen-bond acceptors (Lipinski definition) is 5. The Kier molecular flexibility index (Phi) is 8.14. The summed E-state index contributed by atoms with van der Waals surface area (Å²) in [4.78, 5) is 22.0. The SMILES string of the molecule is Nc1cccc(NCCc2ccc(F)cc2)[nH+]1.O=C([O-])/C=C/C(=O)O. The molecule has 0 unspecified atom stereocenters. The molecule has 0 spiro atoms.